The van der Waals surface area contributed by atoms with Gasteiger partial charge in [0.15, 0.2) is 11.6 Å². The van der Waals surface area contributed by atoms with Crippen LogP contribution in [0.3, 0.4) is 0 Å². The van der Waals surface area contributed by atoms with Gasteiger partial charge >= 0.3 is 0 Å². The maximum Gasteiger partial charge on any atom is 0.167 e. The molecule has 0 saturated heterocycles. The Morgan fingerprint density at radius 2 is 1.86 bits per heavy atom. The Morgan fingerprint density at radius 1 is 1.19 bits per heavy atom. The highest BCUT2D eigenvalue weighted by Gasteiger charge is 2.22. The van der Waals surface area contributed by atoms with E-state index in [9.17, 15) is 4.39 Å². The van der Waals surface area contributed by atoms with Gasteiger partial charge in [0.2, 0.25) is 0 Å². The predicted octanol–water partition coefficient (Wildman–Crippen LogP) is 4.64. The number of nitrogens with two attached hydrogens (primary N) is 1. The standard InChI is InChI=1S/C17H19ClFNO/c1-3-14(20)17(12-7-9-13(18)10-8-12)21-15-6-4-5-11(2)16(15)19/h4-10,14,17H,3,20H2,1-2H3. The number of aryl methyl sites for hydroxylation is 1. The van der Waals surface area contributed by atoms with Crippen molar-refractivity contribution < 1.29 is 9.13 Å². The SMILES string of the molecule is CCC(N)C(Oc1cccc(C)c1F)c1ccc(Cl)cc1. The van der Waals surface area contributed by atoms with Gasteiger partial charge in [0, 0.05) is 11.1 Å². The summed E-state index contributed by atoms with van der Waals surface area (Å²) in [7, 11) is 0. The van der Waals surface area contributed by atoms with Gasteiger partial charge in [-0.05, 0) is 42.7 Å². The number of hydrogen-bond donors (Lipinski definition) is 1. The normalized spacial score (nSPS) is 13.8. The third kappa shape index (κ3) is 3.74. The minimum atomic E-state index is -0.413. The zero-order chi connectivity index (χ0) is 15.4. The molecule has 2 rings (SSSR count). The van der Waals surface area contributed by atoms with E-state index in [1.54, 1.807) is 37.3 Å². The lowest BCUT2D eigenvalue weighted by atomic mass is 10.0. The molecule has 0 bridgehead atoms. The first kappa shape index (κ1) is 15.8. The molecule has 2 N–H and O–H groups in total. The second-order valence-corrected chi connectivity index (χ2v) is 5.49. The average molecular weight is 308 g/mol. The van der Waals surface area contributed by atoms with Crippen molar-refractivity contribution in [2.45, 2.75) is 32.4 Å². The Kier molecular flexibility index (Phi) is 5.21. The molecular formula is C17H19ClFNO. The van der Waals surface area contributed by atoms with Gasteiger partial charge in [-0.25, -0.2) is 4.39 Å². The lowest BCUT2D eigenvalue weighted by Crippen LogP contribution is -2.31. The smallest absolute Gasteiger partial charge is 0.167 e. The van der Waals surface area contributed by atoms with Gasteiger partial charge in [-0.2, -0.15) is 0 Å². The van der Waals surface area contributed by atoms with Crippen molar-refractivity contribution in [1.82, 2.24) is 0 Å². The van der Waals surface area contributed by atoms with Crippen molar-refractivity contribution in [3.05, 3.63) is 64.4 Å². The fourth-order valence-electron chi connectivity index (χ4n) is 2.12. The molecule has 0 aliphatic heterocycles. The van der Waals surface area contributed by atoms with E-state index in [-0.39, 0.29) is 17.6 Å². The van der Waals surface area contributed by atoms with E-state index >= 15 is 0 Å². The first-order valence-electron chi connectivity index (χ1n) is 6.95. The van der Waals surface area contributed by atoms with Gasteiger partial charge in [-0.15, -0.1) is 0 Å². The van der Waals surface area contributed by atoms with Gasteiger partial charge in [0.1, 0.15) is 6.10 Å². The molecule has 0 radical (unpaired) electrons. The molecule has 2 aromatic carbocycles. The van der Waals surface area contributed by atoms with Gasteiger partial charge < -0.3 is 10.5 Å². The quantitative estimate of drug-likeness (QED) is 0.873. The monoisotopic (exact) mass is 307 g/mol. The van der Waals surface area contributed by atoms with Crippen LogP contribution in [0.5, 0.6) is 5.75 Å². The fourth-order valence-corrected chi connectivity index (χ4v) is 2.24. The Hall–Kier alpha value is -1.58. The summed E-state index contributed by atoms with van der Waals surface area (Å²) in [6.45, 7) is 3.68. The molecule has 21 heavy (non-hydrogen) atoms. The Bertz CT molecular complexity index is 600. The van der Waals surface area contributed by atoms with E-state index in [0.717, 1.165) is 12.0 Å². The van der Waals surface area contributed by atoms with Crippen LogP contribution >= 0.6 is 11.6 Å². The van der Waals surface area contributed by atoms with Crippen LogP contribution in [0.25, 0.3) is 0 Å². The highest BCUT2D eigenvalue weighted by atomic mass is 35.5. The van der Waals surface area contributed by atoms with Gasteiger partial charge in [-0.1, -0.05) is 42.8 Å². The molecule has 2 nitrogen and oxygen atoms in total. The molecule has 112 valence electrons. The summed E-state index contributed by atoms with van der Waals surface area (Å²) in [5.74, 6) is -0.126. The third-order valence-electron chi connectivity index (χ3n) is 3.47. The summed E-state index contributed by atoms with van der Waals surface area (Å²) in [6.07, 6.45) is 0.310. The molecular weight excluding hydrogens is 289 g/mol. The largest absolute Gasteiger partial charge is 0.481 e. The van der Waals surface area contributed by atoms with Crippen molar-refractivity contribution in [3.63, 3.8) is 0 Å². The summed E-state index contributed by atoms with van der Waals surface area (Å²) in [4.78, 5) is 0. The summed E-state index contributed by atoms with van der Waals surface area (Å²) >= 11 is 5.90. The number of benzene rings is 2. The van der Waals surface area contributed by atoms with Crippen molar-refractivity contribution in [2.75, 3.05) is 0 Å². The molecule has 0 spiro atoms. The van der Waals surface area contributed by atoms with E-state index in [1.165, 1.54) is 0 Å². The van der Waals surface area contributed by atoms with Crippen LogP contribution in [-0.4, -0.2) is 6.04 Å². The van der Waals surface area contributed by atoms with E-state index in [4.69, 9.17) is 22.1 Å². The van der Waals surface area contributed by atoms with E-state index in [1.807, 2.05) is 19.1 Å². The minimum absolute atomic E-state index is 0.221. The Balaban J connectivity index is 2.33. The van der Waals surface area contributed by atoms with Crippen molar-refractivity contribution >= 4 is 11.6 Å². The highest BCUT2D eigenvalue weighted by Crippen LogP contribution is 2.29. The van der Waals surface area contributed by atoms with Crippen molar-refractivity contribution in [1.29, 1.82) is 0 Å². The average Bonchev–Trinajstić information content (AvgIpc) is 2.49. The number of rotatable bonds is 5. The molecule has 0 amide bonds. The molecule has 0 fully saturated rings. The topological polar surface area (TPSA) is 35.2 Å². The van der Waals surface area contributed by atoms with Crippen LogP contribution in [0, 0.1) is 12.7 Å². The van der Waals surface area contributed by atoms with Crippen molar-refractivity contribution in [3.8, 4) is 5.75 Å². The molecule has 2 aromatic rings. The summed E-state index contributed by atoms with van der Waals surface area (Å²) < 4.78 is 20.0. The Morgan fingerprint density at radius 3 is 2.48 bits per heavy atom. The van der Waals surface area contributed by atoms with Gasteiger partial charge in [0.25, 0.3) is 0 Å². The predicted molar refractivity (Wildman–Crippen MR) is 84.2 cm³/mol. The lowest BCUT2D eigenvalue weighted by Gasteiger charge is -2.25. The number of hydrogen-bond acceptors (Lipinski definition) is 2. The molecule has 0 heterocycles. The minimum Gasteiger partial charge on any atom is -0.481 e. The van der Waals surface area contributed by atoms with Crippen LogP contribution < -0.4 is 10.5 Å². The third-order valence-corrected chi connectivity index (χ3v) is 3.72. The lowest BCUT2D eigenvalue weighted by molar-refractivity contribution is 0.163. The van der Waals surface area contributed by atoms with Crippen LogP contribution in [0.4, 0.5) is 4.39 Å². The molecule has 4 heteroatoms. The molecule has 0 saturated carbocycles. The van der Waals surface area contributed by atoms with Crippen LogP contribution in [-0.2, 0) is 0 Å². The summed E-state index contributed by atoms with van der Waals surface area (Å²) in [5.41, 5.74) is 7.58. The first-order chi connectivity index (χ1) is 10.0. The first-order valence-corrected chi connectivity index (χ1v) is 7.33. The molecule has 0 aliphatic rings. The maximum atomic E-state index is 14.1. The number of halogens is 2. The number of ether oxygens (including phenoxy) is 1. The highest BCUT2D eigenvalue weighted by molar-refractivity contribution is 6.30. The second kappa shape index (κ2) is 6.92. The second-order valence-electron chi connectivity index (χ2n) is 5.05. The zero-order valence-corrected chi connectivity index (χ0v) is 12.9. The van der Waals surface area contributed by atoms with E-state index < -0.39 is 6.10 Å². The van der Waals surface area contributed by atoms with Crippen LogP contribution in [0.1, 0.15) is 30.6 Å². The van der Waals surface area contributed by atoms with Crippen molar-refractivity contribution in [2.24, 2.45) is 5.73 Å². The van der Waals surface area contributed by atoms with Gasteiger partial charge in [-0.3, -0.25) is 0 Å². The zero-order valence-electron chi connectivity index (χ0n) is 12.1. The summed E-state index contributed by atoms with van der Waals surface area (Å²) in [6, 6.07) is 12.1. The molecule has 2 unspecified atom stereocenters. The molecule has 0 aromatic heterocycles. The maximum absolute atomic E-state index is 14.1. The van der Waals surface area contributed by atoms with E-state index in [0.29, 0.717) is 10.6 Å². The van der Waals surface area contributed by atoms with E-state index in [2.05, 4.69) is 0 Å². The van der Waals surface area contributed by atoms with Crippen LogP contribution in [0.2, 0.25) is 5.02 Å². The van der Waals surface area contributed by atoms with Crippen LogP contribution in [0.15, 0.2) is 42.5 Å². The Labute approximate surface area is 129 Å². The van der Waals surface area contributed by atoms with Gasteiger partial charge in [0.05, 0.1) is 0 Å². The molecule has 2 atom stereocenters. The molecule has 0 aliphatic carbocycles. The fraction of sp³-hybridized carbons (Fsp3) is 0.294. The summed E-state index contributed by atoms with van der Waals surface area (Å²) in [5, 5.41) is 0.643.